The number of ether oxygens (including phenoxy) is 1. The molecule has 0 fully saturated rings. The van der Waals surface area contributed by atoms with E-state index >= 15 is 0 Å². The highest BCUT2D eigenvalue weighted by Gasteiger charge is 2.34. The maximum absolute atomic E-state index is 13.5. The Morgan fingerprint density at radius 1 is 1.09 bits per heavy atom. The largest absolute Gasteiger partial charge is 0.494 e. The summed E-state index contributed by atoms with van der Waals surface area (Å²) < 4.78 is 5.50. The minimum Gasteiger partial charge on any atom is -0.494 e. The molecule has 2 aromatic carbocycles. The van der Waals surface area contributed by atoms with Crippen LogP contribution in [0.3, 0.4) is 0 Å². The topological polar surface area (TPSA) is 67.4 Å². The van der Waals surface area contributed by atoms with Crippen LogP contribution < -0.4 is 15.4 Å². The summed E-state index contributed by atoms with van der Waals surface area (Å²) in [5.74, 6) is 0.768. The molecule has 2 N–H and O–H groups in total. The lowest BCUT2D eigenvalue weighted by Gasteiger charge is -2.33. The summed E-state index contributed by atoms with van der Waals surface area (Å²) in [4.78, 5) is 27.7. The fraction of sp³-hybridized carbons (Fsp3) is 0.357. The lowest BCUT2D eigenvalue weighted by Crippen LogP contribution is -2.27. The van der Waals surface area contributed by atoms with Crippen LogP contribution in [0.1, 0.15) is 65.3 Å². The summed E-state index contributed by atoms with van der Waals surface area (Å²) in [5, 5.41) is 7.08. The molecule has 184 valence electrons. The Kier molecular flexibility index (Phi) is 7.53. The number of fused-ring (bicyclic) bond motifs is 1. The number of halogens is 1. The van der Waals surface area contributed by atoms with Gasteiger partial charge >= 0.3 is 0 Å². The minimum absolute atomic E-state index is 0.177. The molecule has 4 rings (SSSR count). The number of amides is 2. The summed E-state index contributed by atoms with van der Waals surface area (Å²) in [6.45, 7) is 9.30. The molecule has 2 amide bonds. The number of nitrogens with one attached hydrogen (secondary N) is 2. The van der Waals surface area contributed by atoms with E-state index in [1.165, 1.54) is 16.2 Å². The third kappa shape index (κ3) is 5.88. The van der Waals surface area contributed by atoms with E-state index in [9.17, 15) is 9.59 Å². The molecule has 1 aliphatic rings. The van der Waals surface area contributed by atoms with Gasteiger partial charge in [-0.25, -0.2) is 0 Å². The van der Waals surface area contributed by atoms with Gasteiger partial charge in [-0.05, 0) is 85.5 Å². The smallest absolute Gasteiger partial charge is 0.258 e. The summed E-state index contributed by atoms with van der Waals surface area (Å²) in [7, 11) is 0. The number of thiophene rings is 1. The van der Waals surface area contributed by atoms with Crippen LogP contribution in [0.4, 0.5) is 10.7 Å². The monoisotopic (exact) mass is 510 g/mol. The first-order valence-corrected chi connectivity index (χ1v) is 13.1. The van der Waals surface area contributed by atoms with Gasteiger partial charge in [0.25, 0.3) is 11.8 Å². The average molecular weight is 511 g/mol. The Morgan fingerprint density at radius 2 is 1.83 bits per heavy atom. The third-order valence-corrected chi connectivity index (χ3v) is 7.86. The predicted molar refractivity (Wildman–Crippen MR) is 144 cm³/mol. The van der Waals surface area contributed by atoms with E-state index in [1.807, 2.05) is 31.2 Å². The van der Waals surface area contributed by atoms with Crippen molar-refractivity contribution in [3.05, 3.63) is 75.1 Å². The fourth-order valence-electron chi connectivity index (χ4n) is 4.45. The number of carbonyl (C=O) groups excluding carboxylic acids is 2. The van der Waals surface area contributed by atoms with Gasteiger partial charge in [-0.3, -0.25) is 9.59 Å². The van der Waals surface area contributed by atoms with Crippen molar-refractivity contribution in [2.75, 3.05) is 17.2 Å². The van der Waals surface area contributed by atoms with Crippen LogP contribution in [-0.2, 0) is 12.8 Å². The molecular weight excluding hydrogens is 480 g/mol. The van der Waals surface area contributed by atoms with Crippen molar-refractivity contribution in [1.29, 1.82) is 0 Å². The number of benzene rings is 2. The molecule has 1 unspecified atom stereocenters. The van der Waals surface area contributed by atoms with E-state index in [0.29, 0.717) is 39.4 Å². The first-order chi connectivity index (χ1) is 16.7. The first-order valence-electron chi connectivity index (χ1n) is 11.9. The minimum atomic E-state index is -0.284. The lowest BCUT2D eigenvalue weighted by molar-refractivity contribution is 0.102. The Bertz CT molecular complexity index is 1230. The zero-order chi connectivity index (χ0) is 25.2. The van der Waals surface area contributed by atoms with Gasteiger partial charge in [-0.2, -0.15) is 0 Å². The second kappa shape index (κ2) is 10.4. The second-order valence-corrected chi connectivity index (χ2v) is 11.4. The molecule has 3 aromatic rings. The Balaban J connectivity index is 1.65. The van der Waals surface area contributed by atoms with Crippen LogP contribution in [0.15, 0.2) is 48.5 Å². The number of carbonyl (C=O) groups is 2. The Labute approximate surface area is 215 Å². The Morgan fingerprint density at radius 3 is 2.49 bits per heavy atom. The average Bonchev–Trinajstić information content (AvgIpc) is 3.17. The number of hydrogen-bond acceptors (Lipinski definition) is 4. The van der Waals surface area contributed by atoms with Crippen LogP contribution in [0, 0.1) is 11.3 Å². The van der Waals surface area contributed by atoms with Gasteiger partial charge in [0.15, 0.2) is 0 Å². The van der Waals surface area contributed by atoms with Crippen molar-refractivity contribution in [2.45, 2.75) is 47.0 Å². The van der Waals surface area contributed by atoms with Gasteiger partial charge in [0.05, 0.1) is 12.2 Å². The number of anilines is 2. The highest BCUT2D eigenvalue weighted by atomic mass is 35.5. The molecule has 7 heteroatoms. The molecule has 0 saturated carbocycles. The molecule has 0 spiro atoms. The molecule has 35 heavy (non-hydrogen) atoms. The van der Waals surface area contributed by atoms with Gasteiger partial charge < -0.3 is 15.4 Å². The predicted octanol–water partition coefficient (Wildman–Crippen LogP) is 7.46. The van der Waals surface area contributed by atoms with Crippen molar-refractivity contribution in [3.63, 3.8) is 0 Å². The van der Waals surface area contributed by atoms with Crippen molar-refractivity contribution >= 4 is 45.4 Å². The van der Waals surface area contributed by atoms with Gasteiger partial charge in [0.2, 0.25) is 0 Å². The Hall–Kier alpha value is -2.83. The molecule has 1 aliphatic carbocycles. The molecule has 0 bridgehead atoms. The zero-order valence-electron chi connectivity index (χ0n) is 20.5. The van der Waals surface area contributed by atoms with Crippen LogP contribution in [0.25, 0.3) is 0 Å². The quantitative estimate of drug-likeness (QED) is 0.361. The molecule has 5 nitrogen and oxygen atoms in total. The molecule has 1 atom stereocenters. The third-order valence-electron chi connectivity index (χ3n) is 6.45. The molecule has 0 aliphatic heterocycles. The summed E-state index contributed by atoms with van der Waals surface area (Å²) in [6, 6.07) is 14.1. The second-order valence-electron chi connectivity index (χ2n) is 9.89. The summed E-state index contributed by atoms with van der Waals surface area (Å²) in [6.07, 6.45) is 2.73. The van der Waals surface area contributed by atoms with E-state index < -0.39 is 0 Å². The molecular formula is C28H31ClN2O3S. The van der Waals surface area contributed by atoms with E-state index in [2.05, 4.69) is 31.4 Å². The first kappa shape index (κ1) is 25.3. The lowest BCUT2D eigenvalue weighted by atomic mass is 9.72. The summed E-state index contributed by atoms with van der Waals surface area (Å²) >= 11 is 7.60. The number of hydrogen-bond donors (Lipinski definition) is 2. The maximum Gasteiger partial charge on any atom is 0.258 e. The van der Waals surface area contributed by atoms with Crippen molar-refractivity contribution in [1.82, 2.24) is 0 Å². The number of rotatable bonds is 6. The molecule has 0 saturated heterocycles. The van der Waals surface area contributed by atoms with Gasteiger partial charge in [-0.15, -0.1) is 11.3 Å². The van der Waals surface area contributed by atoms with E-state index in [4.69, 9.17) is 16.3 Å². The van der Waals surface area contributed by atoms with Crippen LogP contribution in [-0.4, -0.2) is 18.4 Å². The zero-order valence-corrected chi connectivity index (χ0v) is 22.1. The maximum atomic E-state index is 13.5. The van der Waals surface area contributed by atoms with E-state index in [-0.39, 0.29) is 17.2 Å². The normalized spacial score (nSPS) is 15.3. The van der Waals surface area contributed by atoms with Crippen LogP contribution in [0.5, 0.6) is 5.75 Å². The molecule has 0 radical (unpaired) electrons. The van der Waals surface area contributed by atoms with Crippen molar-refractivity contribution in [3.8, 4) is 5.75 Å². The highest BCUT2D eigenvalue weighted by Crippen LogP contribution is 2.44. The standard InChI is InChI=1S/C28H31ClN2O3S/c1-5-34-21-12-10-20(11-13-21)30-26(33)24-22-14-9-18(28(2,3)4)16-23(22)35-27(24)31-25(32)17-7-6-8-19(29)15-17/h6-8,10-13,15,18H,5,9,14,16H2,1-4H3,(H,30,33)(H,31,32). The highest BCUT2D eigenvalue weighted by molar-refractivity contribution is 7.17. The van der Waals surface area contributed by atoms with Crippen molar-refractivity contribution < 1.29 is 14.3 Å². The van der Waals surface area contributed by atoms with Gasteiger partial charge in [0, 0.05) is 21.2 Å². The van der Waals surface area contributed by atoms with Crippen molar-refractivity contribution in [2.24, 2.45) is 11.3 Å². The molecule has 1 aromatic heterocycles. The van der Waals surface area contributed by atoms with Gasteiger partial charge in [-0.1, -0.05) is 38.4 Å². The van der Waals surface area contributed by atoms with Gasteiger partial charge in [0.1, 0.15) is 10.8 Å². The van der Waals surface area contributed by atoms with Crippen LogP contribution >= 0.6 is 22.9 Å². The van der Waals surface area contributed by atoms with Crippen LogP contribution in [0.2, 0.25) is 5.02 Å². The van der Waals surface area contributed by atoms with E-state index in [1.54, 1.807) is 24.3 Å². The molecule has 1 heterocycles. The van der Waals surface area contributed by atoms with E-state index in [0.717, 1.165) is 30.6 Å². The fourth-order valence-corrected chi connectivity index (χ4v) is 5.96. The summed E-state index contributed by atoms with van der Waals surface area (Å²) in [5.41, 5.74) is 2.90. The SMILES string of the molecule is CCOc1ccc(NC(=O)c2c(NC(=O)c3cccc(Cl)c3)sc3c2CCC(C(C)(C)C)C3)cc1.